The van der Waals surface area contributed by atoms with Crippen LogP contribution < -0.4 is 10.1 Å². The van der Waals surface area contributed by atoms with E-state index in [1.165, 1.54) is 4.68 Å². The zero-order chi connectivity index (χ0) is 20.9. The average Bonchev–Trinajstić information content (AvgIpc) is 3.08. The molecule has 0 atom stereocenters. The molecule has 0 saturated carbocycles. The summed E-state index contributed by atoms with van der Waals surface area (Å²) in [4.78, 5) is 12.3. The minimum Gasteiger partial charge on any atom is -0.494 e. The van der Waals surface area contributed by atoms with Crippen LogP contribution in [0.15, 0.2) is 24.3 Å². The molecular weight excluding hydrogens is 387 g/mol. The number of hydrogen-bond acceptors (Lipinski definition) is 4. The second kappa shape index (κ2) is 9.30. The first-order valence-electron chi connectivity index (χ1n) is 9.64. The number of benzene rings is 1. The van der Waals surface area contributed by atoms with E-state index in [0.717, 1.165) is 12.8 Å². The number of nitrogens with one attached hydrogen (secondary N) is 1. The molecule has 0 aliphatic carbocycles. The molecule has 1 amide bonds. The van der Waals surface area contributed by atoms with Crippen molar-refractivity contribution >= 4 is 5.91 Å². The number of carbonyl (C=O) groups excluding carboxylic acids is 1. The lowest BCUT2D eigenvalue weighted by Crippen LogP contribution is -2.28. The quantitative estimate of drug-likeness (QED) is 0.675. The Morgan fingerprint density at radius 1 is 1.31 bits per heavy atom. The standard InChI is InChI=1S/C20H24F3N3O3/c1-2-3-11-29-15-6-4-14(5-7-15)19(27)24-9-10-26-17-8-12-28-13-16(17)18(25-26)20(21,22)23/h4-7H,2-3,8-13H2,1H3,(H,24,27). The molecule has 9 heteroatoms. The van der Waals surface area contributed by atoms with Crippen LogP contribution in [0.5, 0.6) is 5.75 Å². The summed E-state index contributed by atoms with van der Waals surface area (Å²) in [6.07, 6.45) is -2.16. The fraction of sp³-hybridized carbons (Fsp3) is 0.500. The molecule has 1 aromatic carbocycles. The van der Waals surface area contributed by atoms with Gasteiger partial charge in [0, 0.05) is 29.8 Å². The van der Waals surface area contributed by atoms with Gasteiger partial charge in [-0.3, -0.25) is 9.48 Å². The lowest BCUT2D eigenvalue weighted by atomic mass is 10.1. The third-order valence-electron chi connectivity index (χ3n) is 4.66. The summed E-state index contributed by atoms with van der Waals surface area (Å²) >= 11 is 0. The molecule has 0 spiro atoms. The number of hydrogen-bond donors (Lipinski definition) is 1. The predicted octanol–water partition coefficient (Wildman–Crippen LogP) is 3.58. The first-order valence-corrected chi connectivity index (χ1v) is 9.64. The summed E-state index contributed by atoms with van der Waals surface area (Å²) in [6.45, 7) is 3.29. The van der Waals surface area contributed by atoms with Crippen LogP contribution in [0.4, 0.5) is 13.2 Å². The lowest BCUT2D eigenvalue weighted by molar-refractivity contribution is -0.142. The Labute approximate surface area is 167 Å². The van der Waals surface area contributed by atoms with E-state index >= 15 is 0 Å². The van der Waals surface area contributed by atoms with Gasteiger partial charge in [0.2, 0.25) is 0 Å². The van der Waals surface area contributed by atoms with E-state index in [1.807, 2.05) is 0 Å². The summed E-state index contributed by atoms with van der Waals surface area (Å²) in [6, 6.07) is 6.77. The zero-order valence-corrected chi connectivity index (χ0v) is 16.2. The first-order chi connectivity index (χ1) is 13.9. The minimum absolute atomic E-state index is 0.0914. The maximum atomic E-state index is 13.2. The van der Waals surface area contributed by atoms with E-state index in [9.17, 15) is 18.0 Å². The minimum atomic E-state index is -4.53. The van der Waals surface area contributed by atoms with Crippen molar-refractivity contribution in [3.8, 4) is 5.75 Å². The Balaban J connectivity index is 1.57. The normalized spacial score (nSPS) is 13.8. The molecular formula is C20H24F3N3O3. The summed E-state index contributed by atoms with van der Waals surface area (Å²) in [5, 5.41) is 6.44. The Kier molecular flexibility index (Phi) is 6.79. The van der Waals surface area contributed by atoms with Crippen molar-refractivity contribution in [1.82, 2.24) is 15.1 Å². The van der Waals surface area contributed by atoms with E-state index in [2.05, 4.69) is 17.3 Å². The van der Waals surface area contributed by atoms with Crippen molar-refractivity contribution in [2.75, 3.05) is 19.8 Å². The molecule has 1 aromatic heterocycles. The van der Waals surface area contributed by atoms with Gasteiger partial charge in [-0.2, -0.15) is 18.3 Å². The van der Waals surface area contributed by atoms with Crippen LogP contribution in [0.25, 0.3) is 0 Å². The number of fused-ring (bicyclic) bond motifs is 1. The fourth-order valence-electron chi connectivity index (χ4n) is 3.14. The van der Waals surface area contributed by atoms with Gasteiger partial charge in [0.05, 0.1) is 26.4 Å². The smallest absolute Gasteiger partial charge is 0.435 e. The number of rotatable bonds is 8. The SMILES string of the molecule is CCCCOc1ccc(C(=O)NCCn2nc(C(F)(F)F)c3c2CCOC3)cc1. The van der Waals surface area contributed by atoms with Crippen LogP contribution in [0.2, 0.25) is 0 Å². The monoisotopic (exact) mass is 411 g/mol. The van der Waals surface area contributed by atoms with Gasteiger partial charge in [-0.05, 0) is 30.7 Å². The fourth-order valence-corrected chi connectivity index (χ4v) is 3.14. The molecule has 0 saturated heterocycles. The van der Waals surface area contributed by atoms with Gasteiger partial charge in [0.1, 0.15) is 5.75 Å². The van der Waals surface area contributed by atoms with Crippen molar-refractivity contribution in [3.05, 3.63) is 46.8 Å². The Morgan fingerprint density at radius 3 is 2.76 bits per heavy atom. The van der Waals surface area contributed by atoms with E-state index < -0.39 is 11.9 Å². The average molecular weight is 411 g/mol. The lowest BCUT2D eigenvalue weighted by Gasteiger charge is -2.15. The van der Waals surface area contributed by atoms with Gasteiger partial charge < -0.3 is 14.8 Å². The van der Waals surface area contributed by atoms with E-state index in [-0.39, 0.29) is 31.2 Å². The van der Waals surface area contributed by atoms with Crippen LogP contribution in [-0.2, 0) is 30.5 Å². The van der Waals surface area contributed by atoms with E-state index in [4.69, 9.17) is 9.47 Å². The Bertz CT molecular complexity index is 832. The summed E-state index contributed by atoms with van der Waals surface area (Å²) in [7, 11) is 0. The van der Waals surface area contributed by atoms with Crippen molar-refractivity contribution in [3.63, 3.8) is 0 Å². The van der Waals surface area contributed by atoms with Gasteiger partial charge in [0.15, 0.2) is 5.69 Å². The van der Waals surface area contributed by atoms with Crippen molar-refractivity contribution in [1.29, 1.82) is 0 Å². The number of carbonyl (C=O) groups is 1. The van der Waals surface area contributed by atoms with Crippen molar-refractivity contribution in [2.24, 2.45) is 0 Å². The first kappa shape index (κ1) is 21.2. The maximum absolute atomic E-state index is 13.2. The summed E-state index contributed by atoms with van der Waals surface area (Å²) in [5.41, 5.74) is 0.164. The van der Waals surface area contributed by atoms with Crippen molar-refractivity contribution < 1.29 is 27.4 Å². The molecule has 2 aromatic rings. The Hall–Kier alpha value is -2.55. The third-order valence-corrected chi connectivity index (χ3v) is 4.66. The number of alkyl halides is 3. The van der Waals surface area contributed by atoms with Crippen LogP contribution >= 0.6 is 0 Å². The second-order valence-electron chi connectivity index (χ2n) is 6.78. The van der Waals surface area contributed by atoms with Gasteiger partial charge in [0.25, 0.3) is 5.91 Å². The largest absolute Gasteiger partial charge is 0.494 e. The molecule has 0 bridgehead atoms. The maximum Gasteiger partial charge on any atom is 0.435 e. The molecule has 6 nitrogen and oxygen atoms in total. The summed E-state index contributed by atoms with van der Waals surface area (Å²) < 4.78 is 51.6. The molecule has 1 N–H and O–H groups in total. The molecule has 0 radical (unpaired) electrons. The van der Waals surface area contributed by atoms with Gasteiger partial charge in [-0.1, -0.05) is 13.3 Å². The highest BCUT2D eigenvalue weighted by Crippen LogP contribution is 2.34. The number of aromatic nitrogens is 2. The van der Waals surface area contributed by atoms with Crippen LogP contribution in [-0.4, -0.2) is 35.4 Å². The molecule has 29 heavy (non-hydrogen) atoms. The molecule has 2 heterocycles. The molecule has 3 rings (SSSR count). The number of unbranched alkanes of at least 4 members (excludes halogenated alkanes) is 1. The topological polar surface area (TPSA) is 65.4 Å². The molecule has 0 fully saturated rings. The molecule has 0 unspecified atom stereocenters. The molecule has 1 aliphatic heterocycles. The molecule has 158 valence electrons. The van der Waals surface area contributed by atoms with Gasteiger partial charge >= 0.3 is 6.18 Å². The number of amides is 1. The van der Waals surface area contributed by atoms with Gasteiger partial charge in [-0.25, -0.2) is 0 Å². The highest BCUT2D eigenvalue weighted by atomic mass is 19.4. The van der Waals surface area contributed by atoms with E-state index in [0.29, 0.717) is 36.6 Å². The third kappa shape index (κ3) is 5.29. The van der Waals surface area contributed by atoms with Crippen LogP contribution in [0.3, 0.4) is 0 Å². The Morgan fingerprint density at radius 2 is 2.07 bits per heavy atom. The summed E-state index contributed by atoms with van der Waals surface area (Å²) in [5.74, 6) is 0.394. The number of halogens is 3. The number of nitrogens with zero attached hydrogens (tertiary/aromatic N) is 2. The number of ether oxygens (including phenoxy) is 2. The van der Waals surface area contributed by atoms with E-state index in [1.54, 1.807) is 24.3 Å². The molecule has 1 aliphatic rings. The van der Waals surface area contributed by atoms with Gasteiger partial charge in [-0.15, -0.1) is 0 Å². The van der Waals surface area contributed by atoms with Crippen LogP contribution in [0, 0.1) is 0 Å². The predicted molar refractivity (Wildman–Crippen MR) is 99.8 cm³/mol. The highest BCUT2D eigenvalue weighted by molar-refractivity contribution is 5.94. The second-order valence-corrected chi connectivity index (χ2v) is 6.78. The van der Waals surface area contributed by atoms with Crippen molar-refractivity contribution in [2.45, 2.75) is 45.5 Å². The van der Waals surface area contributed by atoms with Crippen LogP contribution in [0.1, 0.15) is 47.1 Å². The zero-order valence-electron chi connectivity index (χ0n) is 16.2. The highest BCUT2D eigenvalue weighted by Gasteiger charge is 2.39.